The number of nitrogens with two attached hydrogens (primary N) is 1. The van der Waals surface area contributed by atoms with Crippen LogP contribution in [0.25, 0.3) is 0 Å². The van der Waals surface area contributed by atoms with Gasteiger partial charge in [-0.1, -0.05) is 30.3 Å². The molecule has 0 aliphatic carbocycles. The number of hydrogen-bond donors (Lipinski definition) is 6. The van der Waals surface area contributed by atoms with Crippen molar-refractivity contribution >= 4 is 30.0 Å². The summed E-state index contributed by atoms with van der Waals surface area (Å²) in [5, 5.41) is 18.8. The van der Waals surface area contributed by atoms with Crippen molar-refractivity contribution in [2.45, 2.75) is 69.1 Å². The lowest BCUT2D eigenvalue weighted by Crippen LogP contribution is -2.57. The first kappa shape index (κ1) is 27.1. The Morgan fingerprint density at radius 2 is 1.92 bits per heavy atom. The van der Waals surface area contributed by atoms with Crippen LogP contribution in [0.2, 0.25) is 0 Å². The quantitative estimate of drug-likeness (QED) is 0.126. The second-order valence-electron chi connectivity index (χ2n) is 9.25. The Kier molecular flexibility index (Phi) is 10.2. The van der Waals surface area contributed by atoms with Gasteiger partial charge in [0, 0.05) is 19.5 Å². The molecule has 11 nitrogen and oxygen atoms in total. The van der Waals surface area contributed by atoms with E-state index < -0.39 is 24.0 Å². The number of hydrogen-bond acceptors (Lipinski definition) is 6. The number of carbonyl (C=O) groups excluding carboxylic acids is 4. The van der Waals surface area contributed by atoms with Crippen LogP contribution < -0.4 is 27.0 Å². The monoisotopic (exact) mass is 498 g/mol. The summed E-state index contributed by atoms with van der Waals surface area (Å²) in [5.74, 6) is -1.23. The lowest BCUT2D eigenvalue weighted by atomic mass is 10.0. The van der Waals surface area contributed by atoms with Gasteiger partial charge in [-0.05, 0) is 50.6 Å². The van der Waals surface area contributed by atoms with Gasteiger partial charge in [-0.25, -0.2) is 0 Å². The minimum absolute atomic E-state index is 0.170. The highest BCUT2D eigenvalue weighted by molar-refractivity contribution is 5.94. The molecule has 1 aromatic rings. The van der Waals surface area contributed by atoms with E-state index in [2.05, 4.69) is 21.3 Å². The third-order valence-corrected chi connectivity index (χ3v) is 6.56. The van der Waals surface area contributed by atoms with Crippen LogP contribution in [0.15, 0.2) is 30.3 Å². The van der Waals surface area contributed by atoms with E-state index in [1.54, 1.807) is 0 Å². The molecule has 0 bridgehead atoms. The van der Waals surface area contributed by atoms with Gasteiger partial charge in [-0.2, -0.15) is 0 Å². The molecule has 4 atom stereocenters. The topological polar surface area (TPSA) is 170 Å². The highest BCUT2D eigenvalue weighted by Crippen LogP contribution is 2.18. The van der Waals surface area contributed by atoms with Gasteiger partial charge in [-0.3, -0.25) is 24.6 Å². The molecule has 2 aliphatic heterocycles. The number of rotatable bonds is 12. The summed E-state index contributed by atoms with van der Waals surface area (Å²) in [4.78, 5) is 52.5. The number of benzene rings is 1. The fraction of sp³-hybridized carbons (Fsp3) is 0.560. The Balaban J connectivity index is 1.74. The minimum Gasteiger partial charge on any atom is -0.370 e. The molecule has 11 heteroatoms. The molecule has 3 rings (SSSR count). The average Bonchev–Trinajstić information content (AvgIpc) is 3.57. The van der Waals surface area contributed by atoms with E-state index in [4.69, 9.17) is 11.1 Å². The highest BCUT2D eigenvalue weighted by Gasteiger charge is 2.36. The van der Waals surface area contributed by atoms with E-state index in [1.807, 2.05) is 36.6 Å². The zero-order valence-corrected chi connectivity index (χ0v) is 20.4. The largest absolute Gasteiger partial charge is 0.370 e. The van der Waals surface area contributed by atoms with E-state index in [0.29, 0.717) is 45.2 Å². The molecule has 195 valence electrons. The zero-order chi connectivity index (χ0) is 25.9. The predicted molar refractivity (Wildman–Crippen MR) is 135 cm³/mol. The number of nitrogens with zero attached hydrogens (tertiary/aromatic N) is 1. The molecule has 2 heterocycles. The van der Waals surface area contributed by atoms with Crippen molar-refractivity contribution in [1.29, 1.82) is 5.41 Å². The van der Waals surface area contributed by atoms with Crippen LogP contribution in [-0.2, 0) is 25.6 Å². The third kappa shape index (κ3) is 7.77. The van der Waals surface area contributed by atoms with Crippen molar-refractivity contribution < 1.29 is 19.2 Å². The summed E-state index contributed by atoms with van der Waals surface area (Å²) >= 11 is 0. The number of nitrogens with one attached hydrogen (secondary N) is 5. The summed E-state index contributed by atoms with van der Waals surface area (Å²) in [7, 11) is 0. The summed E-state index contributed by atoms with van der Waals surface area (Å²) in [6.07, 6.45) is 5.79. The maximum absolute atomic E-state index is 13.4. The molecule has 0 saturated carbocycles. The predicted octanol–water partition coefficient (Wildman–Crippen LogP) is -0.685. The van der Waals surface area contributed by atoms with Crippen molar-refractivity contribution in [1.82, 2.24) is 26.2 Å². The van der Waals surface area contributed by atoms with Gasteiger partial charge < -0.3 is 31.9 Å². The van der Waals surface area contributed by atoms with Gasteiger partial charge in [0.15, 0.2) is 5.96 Å². The van der Waals surface area contributed by atoms with E-state index >= 15 is 0 Å². The average molecular weight is 499 g/mol. The number of amides is 3. The van der Waals surface area contributed by atoms with Crippen LogP contribution in [-0.4, -0.2) is 78.7 Å². The lowest BCUT2D eigenvalue weighted by Gasteiger charge is -2.28. The third-order valence-electron chi connectivity index (χ3n) is 6.56. The Morgan fingerprint density at radius 3 is 2.58 bits per heavy atom. The lowest BCUT2D eigenvalue weighted by molar-refractivity contribution is -0.137. The summed E-state index contributed by atoms with van der Waals surface area (Å²) < 4.78 is 0. The molecular formula is C25H36N7O4. The molecule has 1 aromatic carbocycles. The number of likely N-dealkylation sites (tertiary alicyclic amines) is 1. The Morgan fingerprint density at radius 1 is 1.14 bits per heavy atom. The van der Waals surface area contributed by atoms with Crippen molar-refractivity contribution in [2.24, 2.45) is 5.73 Å². The van der Waals surface area contributed by atoms with Crippen molar-refractivity contribution in [3.8, 4) is 0 Å². The molecule has 2 aliphatic rings. The standard InChI is InChI=1S/C25H36N7O4/c26-25(27)29-13-5-11-20(30-22(34)19-10-4-12-28-19)23(35)31-21(15-17-7-2-1-3-8-17)24(36)32-14-6-9-18(32)16-33/h1-3,7-8,18-21,28H,4-6,9-15H2,(H,30,34)(H,31,35)(H4,26,27,29)/t18-,19-,20-,21-/m0/s1. The van der Waals surface area contributed by atoms with Crippen molar-refractivity contribution in [2.75, 3.05) is 19.6 Å². The molecule has 0 spiro atoms. The second kappa shape index (κ2) is 13.6. The molecule has 2 saturated heterocycles. The van der Waals surface area contributed by atoms with Crippen LogP contribution in [0.1, 0.15) is 44.1 Å². The molecule has 7 N–H and O–H groups in total. The maximum atomic E-state index is 13.4. The van der Waals surface area contributed by atoms with Crippen LogP contribution in [0.5, 0.6) is 0 Å². The Hall–Kier alpha value is -3.47. The SMILES string of the molecule is N=C(N)NCCC[C@H](NC(=O)[C@@H]1CCCN1)C(=O)N[C@@H](Cc1ccccc1)C(=O)N1CCC[C@H]1[C]=O. The smallest absolute Gasteiger partial charge is 0.246 e. The molecule has 1 radical (unpaired) electrons. The maximum Gasteiger partial charge on any atom is 0.246 e. The first-order valence-corrected chi connectivity index (χ1v) is 12.5. The van der Waals surface area contributed by atoms with Gasteiger partial charge in [0.05, 0.1) is 12.1 Å². The summed E-state index contributed by atoms with van der Waals surface area (Å²) in [5.41, 5.74) is 6.20. The fourth-order valence-electron chi connectivity index (χ4n) is 4.65. The van der Waals surface area contributed by atoms with Gasteiger partial charge in [0.2, 0.25) is 24.0 Å². The number of carbonyl (C=O) groups is 3. The first-order valence-electron chi connectivity index (χ1n) is 12.5. The molecular weight excluding hydrogens is 462 g/mol. The second-order valence-corrected chi connectivity index (χ2v) is 9.25. The van der Waals surface area contributed by atoms with Gasteiger partial charge >= 0.3 is 0 Å². The summed E-state index contributed by atoms with van der Waals surface area (Å²) in [6, 6.07) is 6.59. The van der Waals surface area contributed by atoms with Crippen molar-refractivity contribution in [3.05, 3.63) is 35.9 Å². The van der Waals surface area contributed by atoms with E-state index in [0.717, 1.165) is 18.5 Å². The summed E-state index contributed by atoms with van der Waals surface area (Å²) in [6.45, 7) is 1.55. The van der Waals surface area contributed by atoms with Crippen molar-refractivity contribution in [3.63, 3.8) is 0 Å². The fourth-order valence-corrected chi connectivity index (χ4v) is 4.65. The highest BCUT2D eigenvalue weighted by atomic mass is 16.2. The molecule has 0 aromatic heterocycles. The van der Waals surface area contributed by atoms with E-state index in [-0.39, 0.29) is 30.2 Å². The molecule has 3 amide bonds. The van der Waals surface area contributed by atoms with Crippen LogP contribution in [0.4, 0.5) is 0 Å². The normalized spacial score (nSPS) is 20.8. The van der Waals surface area contributed by atoms with E-state index in [1.165, 1.54) is 4.90 Å². The minimum atomic E-state index is -0.895. The van der Waals surface area contributed by atoms with E-state index in [9.17, 15) is 19.2 Å². The van der Waals surface area contributed by atoms with Crippen LogP contribution >= 0.6 is 0 Å². The first-order chi connectivity index (χ1) is 17.4. The zero-order valence-electron chi connectivity index (χ0n) is 20.4. The molecule has 0 unspecified atom stereocenters. The van der Waals surface area contributed by atoms with Crippen LogP contribution in [0.3, 0.4) is 0 Å². The molecule has 2 fully saturated rings. The van der Waals surface area contributed by atoms with Gasteiger partial charge in [0.1, 0.15) is 12.1 Å². The number of guanidine groups is 1. The Labute approximate surface area is 211 Å². The van der Waals surface area contributed by atoms with Gasteiger partial charge in [0.25, 0.3) is 0 Å². The molecule has 36 heavy (non-hydrogen) atoms. The Bertz CT molecular complexity index is 920. The van der Waals surface area contributed by atoms with Crippen LogP contribution in [0, 0.1) is 5.41 Å². The van der Waals surface area contributed by atoms with Gasteiger partial charge in [-0.15, -0.1) is 0 Å².